The molecule has 120 valence electrons. The highest BCUT2D eigenvalue weighted by Gasteiger charge is 2.12. The molecular weight excluding hydrogens is 290 g/mol. The fourth-order valence-electron chi connectivity index (χ4n) is 2.19. The van der Waals surface area contributed by atoms with Crippen LogP contribution in [0.25, 0.3) is 12.2 Å². The minimum atomic E-state index is -1.03. The van der Waals surface area contributed by atoms with Crippen LogP contribution in [0.2, 0.25) is 0 Å². The Morgan fingerprint density at radius 3 is 2.22 bits per heavy atom. The fraction of sp³-hybridized carbons (Fsp3) is 0.263. The SMILES string of the molecule is CC(C)(C)c1ccc(/C=C/c2ccn(CC(=O)O)c(=O)c2)cc1. The van der Waals surface area contributed by atoms with Crippen LogP contribution >= 0.6 is 0 Å². The standard InChI is InChI=1S/C19H21NO3/c1-19(2,3)16-8-6-14(7-9-16)4-5-15-10-11-20(13-18(22)23)17(21)12-15/h4-12H,13H2,1-3H3,(H,22,23)/b5-4+. The average Bonchev–Trinajstić information content (AvgIpc) is 2.47. The first kappa shape index (κ1) is 16.7. The van der Waals surface area contributed by atoms with Crippen molar-refractivity contribution < 1.29 is 9.90 Å². The van der Waals surface area contributed by atoms with Gasteiger partial charge in [-0.2, -0.15) is 0 Å². The molecular formula is C19H21NO3. The second kappa shape index (κ2) is 6.65. The largest absolute Gasteiger partial charge is 0.480 e. The molecule has 0 atom stereocenters. The van der Waals surface area contributed by atoms with Gasteiger partial charge in [-0.25, -0.2) is 0 Å². The first-order valence-electron chi connectivity index (χ1n) is 7.46. The van der Waals surface area contributed by atoms with Crippen LogP contribution in [0.15, 0.2) is 47.4 Å². The molecule has 2 aromatic rings. The first-order valence-corrected chi connectivity index (χ1v) is 7.46. The summed E-state index contributed by atoms with van der Waals surface area (Å²) in [5.41, 5.74) is 2.87. The van der Waals surface area contributed by atoms with Gasteiger partial charge in [0.05, 0.1) is 0 Å². The number of aromatic nitrogens is 1. The van der Waals surface area contributed by atoms with Crippen LogP contribution in [0.5, 0.6) is 0 Å². The van der Waals surface area contributed by atoms with E-state index in [4.69, 9.17) is 5.11 Å². The van der Waals surface area contributed by atoms with Crippen molar-refractivity contribution in [3.63, 3.8) is 0 Å². The van der Waals surface area contributed by atoms with E-state index in [0.717, 1.165) is 15.7 Å². The molecule has 0 radical (unpaired) electrons. The van der Waals surface area contributed by atoms with Gasteiger partial charge in [-0.3, -0.25) is 9.59 Å². The Kier molecular flexibility index (Phi) is 4.84. The second-order valence-electron chi connectivity index (χ2n) is 6.53. The Labute approximate surface area is 135 Å². The first-order chi connectivity index (χ1) is 10.8. The molecule has 1 aromatic carbocycles. The fourth-order valence-corrected chi connectivity index (χ4v) is 2.19. The topological polar surface area (TPSA) is 59.3 Å². The molecule has 23 heavy (non-hydrogen) atoms. The number of carboxylic acids is 1. The van der Waals surface area contributed by atoms with E-state index in [9.17, 15) is 9.59 Å². The molecule has 4 nitrogen and oxygen atoms in total. The maximum Gasteiger partial charge on any atom is 0.323 e. The van der Waals surface area contributed by atoms with Crippen LogP contribution in [0, 0.1) is 0 Å². The molecule has 1 N–H and O–H groups in total. The summed E-state index contributed by atoms with van der Waals surface area (Å²) in [4.78, 5) is 22.4. The molecule has 0 unspecified atom stereocenters. The molecule has 0 bridgehead atoms. The number of benzene rings is 1. The third-order valence-electron chi connectivity index (χ3n) is 3.57. The van der Waals surface area contributed by atoms with Crippen molar-refractivity contribution in [2.75, 3.05) is 0 Å². The Balaban J connectivity index is 2.15. The number of hydrogen-bond acceptors (Lipinski definition) is 2. The van der Waals surface area contributed by atoms with Gasteiger partial charge in [0, 0.05) is 12.3 Å². The predicted octanol–water partition coefficient (Wildman–Crippen LogP) is 3.40. The van der Waals surface area contributed by atoms with Gasteiger partial charge in [0.2, 0.25) is 0 Å². The highest BCUT2D eigenvalue weighted by atomic mass is 16.4. The third-order valence-corrected chi connectivity index (χ3v) is 3.57. The van der Waals surface area contributed by atoms with E-state index in [1.807, 2.05) is 24.3 Å². The molecule has 0 aliphatic carbocycles. The summed E-state index contributed by atoms with van der Waals surface area (Å²) in [5, 5.41) is 8.72. The van der Waals surface area contributed by atoms with E-state index in [0.29, 0.717) is 0 Å². The van der Waals surface area contributed by atoms with Gasteiger partial charge >= 0.3 is 5.97 Å². The average molecular weight is 311 g/mol. The van der Waals surface area contributed by atoms with Gasteiger partial charge in [0.15, 0.2) is 0 Å². The molecule has 0 saturated carbocycles. The third kappa shape index (κ3) is 4.68. The summed E-state index contributed by atoms with van der Waals surface area (Å²) in [6.45, 7) is 6.19. The Hall–Kier alpha value is -2.62. The molecule has 0 aliphatic rings. The zero-order chi connectivity index (χ0) is 17.0. The second-order valence-corrected chi connectivity index (χ2v) is 6.53. The quantitative estimate of drug-likeness (QED) is 0.941. The predicted molar refractivity (Wildman–Crippen MR) is 92.4 cm³/mol. The number of rotatable bonds is 4. The Morgan fingerprint density at radius 1 is 1.09 bits per heavy atom. The van der Waals surface area contributed by atoms with Crippen LogP contribution in [0.1, 0.15) is 37.5 Å². The maximum atomic E-state index is 11.8. The lowest BCUT2D eigenvalue weighted by atomic mass is 9.87. The van der Waals surface area contributed by atoms with Gasteiger partial charge in [0.25, 0.3) is 5.56 Å². The van der Waals surface area contributed by atoms with E-state index < -0.39 is 5.97 Å². The van der Waals surface area contributed by atoms with Crippen molar-refractivity contribution in [2.45, 2.75) is 32.7 Å². The number of carboxylic acid groups (broad SMARTS) is 1. The van der Waals surface area contributed by atoms with Crippen LogP contribution in [-0.4, -0.2) is 15.6 Å². The molecule has 0 saturated heterocycles. The summed E-state index contributed by atoms with van der Waals surface area (Å²) in [5.74, 6) is -1.03. The van der Waals surface area contributed by atoms with Crippen LogP contribution in [-0.2, 0) is 16.8 Å². The lowest BCUT2D eigenvalue weighted by Crippen LogP contribution is -2.22. The number of carbonyl (C=O) groups is 1. The Bertz CT molecular complexity index is 777. The van der Waals surface area contributed by atoms with E-state index in [1.165, 1.54) is 17.8 Å². The van der Waals surface area contributed by atoms with E-state index in [2.05, 4.69) is 32.9 Å². The summed E-state index contributed by atoms with van der Waals surface area (Å²) < 4.78 is 1.16. The number of hydrogen-bond donors (Lipinski definition) is 1. The maximum absolute atomic E-state index is 11.8. The van der Waals surface area contributed by atoms with Crippen molar-refractivity contribution in [1.82, 2.24) is 4.57 Å². The number of nitrogens with zero attached hydrogens (tertiary/aromatic N) is 1. The van der Waals surface area contributed by atoms with Gasteiger partial charge in [-0.1, -0.05) is 57.2 Å². The van der Waals surface area contributed by atoms with Gasteiger partial charge in [-0.05, 0) is 28.2 Å². The van der Waals surface area contributed by atoms with E-state index >= 15 is 0 Å². The van der Waals surface area contributed by atoms with E-state index in [-0.39, 0.29) is 17.5 Å². The minimum Gasteiger partial charge on any atom is -0.480 e. The van der Waals surface area contributed by atoms with Crippen molar-refractivity contribution >= 4 is 18.1 Å². The lowest BCUT2D eigenvalue weighted by molar-refractivity contribution is -0.137. The van der Waals surface area contributed by atoms with Crippen LogP contribution < -0.4 is 5.56 Å². The summed E-state index contributed by atoms with van der Waals surface area (Å²) in [7, 11) is 0. The molecule has 0 amide bonds. The summed E-state index contributed by atoms with van der Waals surface area (Å²) >= 11 is 0. The number of aliphatic carboxylic acids is 1. The molecule has 1 heterocycles. The summed E-state index contributed by atoms with van der Waals surface area (Å²) in [6.07, 6.45) is 5.28. The van der Waals surface area contributed by atoms with Crippen molar-refractivity contribution in [1.29, 1.82) is 0 Å². The minimum absolute atomic E-state index is 0.122. The van der Waals surface area contributed by atoms with Crippen LogP contribution in [0.4, 0.5) is 0 Å². The molecule has 0 aliphatic heterocycles. The monoisotopic (exact) mass is 311 g/mol. The van der Waals surface area contributed by atoms with Crippen LogP contribution in [0.3, 0.4) is 0 Å². The van der Waals surface area contributed by atoms with Gasteiger partial charge in [0.1, 0.15) is 6.54 Å². The van der Waals surface area contributed by atoms with Gasteiger partial charge in [-0.15, -0.1) is 0 Å². The van der Waals surface area contributed by atoms with Crippen molar-refractivity contribution in [3.8, 4) is 0 Å². The highest BCUT2D eigenvalue weighted by molar-refractivity contribution is 5.70. The van der Waals surface area contributed by atoms with E-state index in [1.54, 1.807) is 6.07 Å². The normalized spacial score (nSPS) is 11.8. The molecule has 2 rings (SSSR count). The van der Waals surface area contributed by atoms with Crippen molar-refractivity contribution in [3.05, 3.63) is 69.6 Å². The van der Waals surface area contributed by atoms with Crippen molar-refractivity contribution in [2.24, 2.45) is 0 Å². The summed E-state index contributed by atoms with van der Waals surface area (Å²) in [6, 6.07) is 11.5. The highest BCUT2D eigenvalue weighted by Crippen LogP contribution is 2.22. The number of pyridine rings is 1. The molecule has 0 spiro atoms. The zero-order valence-electron chi connectivity index (χ0n) is 13.6. The zero-order valence-corrected chi connectivity index (χ0v) is 13.6. The van der Waals surface area contributed by atoms with Gasteiger partial charge < -0.3 is 9.67 Å². The smallest absolute Gasteiger partial charge is 0.323 e. The molecule has 0 fully saturated rings. The molecule has 4 heteroatoms. The lowest BCUT2D eigenvalue weighted by Gasteiger charge is -2.18. The molecule has 1 aromatic heterocycles. The Morgan fingerprint density at radius 2 is 1.70 bits per heavy atom.